The van der Waals surface area contributed by atoms with Gasteiger partial charge in [-0.15, -0.1) is 6.42 Å². The first-order chi connectivity index (χ1) is 12.7. The number of amides is 1. The molecule has 2 fully saturated rings. The second-order valence-electron chi connectivity index (χ2n) is 6.76. The number of rotatable bonds is 4. The number of aromatic amines is 1. The van der Waals surface area contributed by atoms with Gasteiger partial charge < -0.3 is 24.3 Å². The average molecular weight is 379 g/mol. The standard InChI is InChI=1S/C17H21N3O7/c1-5-6-18-16(23)24-8-10-11-12(27-17(3,4)26-11)14(25-10)20-7-9(2)13(21)19-15(20)22/h1,7,10-12,14H,6,8H2,2-4H3,(H,18,23)(H,19,21,22)/t10-,11?,12+,14-/m1/s1. The summed E-state index contributed by atoms with van der Waals surface area (Å²) in [5.41, 5.74) is -0.753. The molecule has 1 aromatic rings. The van der Waals surface area contributed by atoms with E-state index in [-0.39, 0.29) is 13.2 Å². The van der Waals surface area contributed by atoms with Crippen molar-refractivity contribution in [2.45, 2.75) is 51.1 Å². The molecular weight excluding hydrogens is 358 g/mol. The second-order valence-corrected chi connectivity index (χ2v) is 6.76. The van der Waals surface area contributed by atoms with Crippen LogP contribution in [0.3, 0.4) is 0 Å². The van der Waals surface area contributed by atoms with Crippen LogP contribution in [0.4, 0.5) is 4.79 Å². The molecule has 2 aliphatic heterocycles. The summed E-state index contributed by atoms with van der Waals surface area (Å²) >= 11 is 0. The number of alkyl carbamates (subject to hydrolysis) is 1. The zero-order chi connectivity index (χ0) is 19.8. The lowest BCUT2D eigenvalue weighted by molar-refractivity contribution is -0.200. The SMILES string of the molecule is C#CCNC(=O)OC[C@H]1O[C@@H](n2cc(C)c(=O)[nH]c2=O)[C@H]2OC(C)(C)OC12. The zero-order valence-corrected chi connectivity index (χ0v) is 15.2. The van der Waals surface area contributed by atoms with E-state index in [9.17, 15) is 14.4 Å². The van der Waals surface area contributed by atoms with Crippen molar-refractivity contribution >= 4 is 6.09 Å². The molecule has 3 rings (SSSR count). The smallest absolute Gasteiger partial charge is 0.407 e. The van der Waals surface area contributed by atoms with E-state index >= 15 is 0 Å². The van der Waals surface area contributed by atoms with E-state index < -0.39 is 47.7 Å². The number of nitrogens with zero attached hydrogens (tertiary/aromatic N) is 1. The van der Waals surface area contributed by atoms with E-state index in [0.29, 0.717) is 5.56 Å². The minimum Gasteiger partial charge on any atom is -0.447 e. The summed E-state index contributed by atoms with van der Waals surface area (Å²) < 4.78 is 24.0. The van der Waals surface area contributed by atoms with Crippen LogP contribution in [0.5, 0.6) is 0 Å². The van der Waals surface area contributed by atoms with Gasteiger partial charge in [0.2, 0.25) is 0 Å². The fourth-order valence-electron chi connectivity index (χ4n) is 3.12. The molecule has 27 heavy (non-hydrogen) atoms. The minimum absolute atomic E-state index is 0.0394. The number of terminal acetylenes is 1. The summed E-state index contributed by atoms with van der Waals surface area (Å²) in [5.74, 6) is 1.36. The van der Waals surface area contributed by atoms with Gasteiger partial charge in [-0.1, -0.05) is 5.92 Å². The summed E-state index contributed by atoms with van der Waals surface area (Å²) in [5, 5.41) is 2.38. The third-order valence-electron chi connectivity index (χ3n) is 4.26. The van der Waals surface area contributed by atoms with Gasteiger partial charge in [0, 0.05) is 11.8 Å². The van der Waals surface area contributed by atoms with E-state index in [0.717, 1.165) is 0 Å². The highest BCUT2D eigenvalue weighted by Gasteiger charge is 2.56. The molecule has 0 aliphatic carbocycles. The van der Waals surface area contributed by atoms with Crippen LogP contribution in [0, 0.1) is 19.3 Å². The van der Waals surface area contributed by atoms with E-state index in [1.54, 1.807) is 20.8 Å². The van der Waals surface area contributed by atoms with Crippen LogP contribution in [0.25, 0.3) is 0 Å². The van der Waals surface area contributed by atoms with Gasteiger partial charge in [0.1, 0.15) is 24.9 Å². The first-order valence-electron chi connectivity index (χ1n) is 8.39. The minimum atomic E-state index is -0.901. The van der Waals surface area contributed by atoms with E-state index in [4.69, 9.17) is 25.4 Å². The first-order valence-corrected chi connectivity index (χ1v) is 8.39. The summed E-state index contributed by atoms with van der Waals surface area (Å²) in [4.78, 5) is 37.7. The lowest BCUT2D eigenvalue weighted by Crippen LogP contribution is -2.38. The van der Waals surface area contributed by atoms with E-state index in [2.05, 4.69) is 16.2 Å². The van der Waals surface area contributed by atoms with Crippen LogP contribution in [-0.4, -0.2) is 52.9 Å². The number of carbonyl (C=O) groups excluding carboxylic acids is 1. The number of fused-ring (bicyclic) bond motifs is 1. The first kappa shape index (κ1) is 19.2. The van der Waals surface area contributed by atoms with Gasteiger partial charge in [-0.2, -0.15) is 0 Å². The molecule has 1 aromatic heterocycles. The topological polar surface area (TPSA) is 121 Å². The van der Waals surface area contributed by atoms with Crippen LogP contribution in [-0.2, 0) is 18.9 Å². The van der Waals surface area contributed by atoms with Gasteiger partial charge in [0.25, 0.3) is 5.56 Å². The molecule has 0 radical (unpaired) electrons. The maximum atomic E-state index is 12.2. The monoisotopic (exact) mass is 379 g/mol. The Hall–Kier alpha value is -2.61. The van der Waals surface area contributed by atoms with Crippen molar-refractivity contribution in [2.75, 3.05) is 13.2 Å². The predicted molar refractivity (Wildman–Crippen MR) is 92.0 cm³/mol. The van der Waals surface area contributed by atoms with Crippen LogP contribution in [0.1, 0.15) is 25.6 Å². The summed E-state index contributed by atoms with van der Waals surface area (Å²) in [7, 11) is 0. The van der Waals surface area contributed by atoms with Crippen LogP contribution in [0.15, 0.2) is 15.8 Å². The number of H-pyrrole nitrogens is 1. The van der Waals surface area contributed by atoms with Crippen LogP contribution in [0.2, 0.25) is 0 Å². The molecule has 0 aromatic carbocycles. The van der Waals surface area contributed by atoms with Crippen molar-refractivity contribution in [1.82, 2.24) is 14.9 Å². The Morgan fingerprint density at radius 2 is 2.11 bits per heavy atom. The normalized spacial score (nSPS) is 28.4. The number of aromatic nitrogens is 2. The van der Waals surface area contributed by atoms with Gasteiger partial charge in [0.15, 0.2) is 12.0 Å². The highest BCUT2D eigenvalue weighted by atomic mass is 16.8. The fraction of sp³-hybridized carbons (Fsp3) is 0.588. The van der Waals surface area contributed by atoms with Gasteiger partial charge in [-0.3, -0.25) is 14.3 Å². The summed E-state index contributed by atoms with van der Waals surface area (Å²) in [6, 6.07) is 0. The van der Waals surface area contributed by atoms with Crippen molar-refractivity contribution in [1.29, 1.82) is 0 Å². The summed E-state index contributed by atoms with van der Waals surface area (Å²) in [6.45, 7) is 4.97. The maximum Gasteiger partial charge on any atom is 0.407 e. The molecule has 0 bridgehead atoms. The molecular formula is C17H21N3O7. The Labute approximate surface area is 154 Å². The lowest BCUT2D eigenvalue weighted by Gasteiger charge is -2.24. The molecule has 1 amide bonds. The van der Waals surface area contributed by atoms with Crippen molar-refractivity contribution in [3.05, 3.63) is 32.6 Å². The molecule has 0 spiro atoms. The molecule has 1 unspecified atom stereocenters. The predicted octanol–water partition coefficient (Wildman–Crippen LogP) is -0.378. The van der Waals surface area contributed by atoms with E-state index in [1.807, 2.05) is 0 Å². The lowest BCUT2D eigenvalue weighted by atomic mass is 10.1. The number of hydrogen-bond acceptors (Lipinski definition) is 7. The number of ether oxygens (including phenoxy) is 4. The number of carbonyl (C=O) groups is 1. The van der Waals surface area contributed by atoms with Crippen LogP contribution < -0.4 is 16.6 Å². The molecule has 2 N–H and O–H groups in total. The van der Waals surface area contributed by atoms with Gasteiger partial charge >= 0.3 is 11.8 Å². The Morgan fingerprint density at radius 3 is 2.81 bits per heavy atom. The molecule has 4 atom stereocenters. The van der Waals surface area contributed by atoms with Gasteiger partial charge in [-0.25, -0.2) is 9.59 Å². The molecule has 0 saturated carbocycles. The van der Waals surface area contributed by atoms with Crippen molar-refractivity contribution in [3.63, 3.8) is 0 Å². The van der Waals surface area contributed by atoms with Crippen LogP contribution >= 0.6 is 0 Å². The number of nitrogens with one attached hydrogen (secondary N) is 2. The molecule has 2 aliphatic rings. The third kappa shape index (κ3) is 3.90. The fourth-order valence-corrected chi connectivity index (χ4v) is 3.12. The highest BCUT2D eigenvalue weighted by Crippen LogP contribution is 2.42. The Balaban J connectivity index is 1.81. The van der Waals surface area contributed by atoms with Gasteiger partial charge in [0.05, 0.1) is 6.54 Å². The Bertz CT molecular complexity index is 882. The number of hydrogen-bond donors (Lipinski definition) is 2. The Kier molecular flexibility index (Phi) is 5.10. The zero-order valence-electron chi connectivity index (χ0n) is 15.2. The number of aryl methyl sites for hydroxylation is 1. The average Bonchev–Trinajstić information content (AvgIpc) is 3.07. The molecule has 2 saturated heterocycles. The quantitative estimate of drug-likeness (QED) is 0.684. The Morgan fingerprint density at radius 1 is 1.41 bits per heavy atom. The summed E-state index contributed by atoms with van der Waals surface area (Å²) in [6.07, 6.45) is 3.09. The third-order valence-corrected chi connectivity index (χ3v) is 4.26. The molecule has 3 heterocycles. The molecule has 146 valence electrons. The highest BCUT2D eigenvalue weighted by molar-refractivity contribution is 5.67. The largest absolute Gasteiger partial charge is 0.447 e. The maximum absolute atomic E-state index is 12.2. The molecule has 10 nitrogen and oxygen atoms in total. The van der Waals surface area contributed by atoms with E-state index in [1.165, 1.54) is 10.8 Å². The molecule has 10 heteroatoms. The second kappa shape index (κ2) is 7.19. The van der Waals surface area contributed by atoms with Crippen molar-refractivity contribution in [3.8, 4) is 12.3 Å². The van der Waals surface area contributed by atoms with Gasteiger partial charge in [-0.05, 0) is 20.8 Å². The van der Waals surface area contributed by atoms with Crippen molar-refractivity contribution in [2.24, 2.45) is 0 Å². The van der Waals surface area contributed by atoms with Crippen molar-refractivity contribution < 1.29 is 23.7 Å².